The molecule has 0 spiro atoms. The van der Waals surface area contributed by atoms with Gasteiger partial charge < -0.3 is 25.2 Å². The lowest BCUT2D eigenvalue weighted by atomic mass is 10.2. The highest BCUT2D eigenvalue weighted by molar-refractivity contribution is 5.74. The van der Waals surface area contributed by atoms with Gasteiger partial charge in [0, 0.05) is 26.6 Å². The van der Waals surface area contributed by atoms with Gasteiger partial charge >= 0.3 is 12.0 Å². The Bertz CT molecular complexity index is 475. The van der Waals surface area contributed by atoms with Gasteiger partial charge in [-0.05, 0) is 17.7 Å². The van der Waals surface area contributed by atoms with Crippen molar-refractivity contribution in [1.82, 2.24) is 10.2 Å². The predicted octanol–water partition coefficient (Wildman–Crippen LogP) is 0.672. The summed E-state index contributed by atoms with van der Waals surface area (Å²) in [6, 6.07) is 7.01. The number of urea groups is 1. The van der Waals surface area contributed by atoms with E-state index >= 15 is 0 Å². The first-order chi connectivity index (χ1) is 9.93. The van der Waals surface area contributed by atoms with Gasteiger partial charge in [-0.1, -0.05) is 12.1 Å². The van der Waals surface area contributed by atoms with Crippen molar-refractivity contribution in [2.24, 2.45) is 0 Å². The van der Waals surface area contributed by atoms with E-state index in [0.717, 1.165) is 11.3 Å². The van der Waals surface area contributed by atoms with Gasteiger partial charge in [0.05, 0.1) is 7.11 Å². The molecule has 0 bridgehead atoms. The van der Waals surface area contributed by atoms with Crippen LogP contribution in [-0.2, 0) is 11.3 Å². The first kappa shape index (κ1) is 16.8. The molecular formula is C14H20N2O5. The summed E-state index contributed by atoms with van der Waals surface area (Å²) in [6.45, 7) is 0.510. The Morgan fingerprint density at radius 3 is 2.48 bits per heavy atom. The molecule has 1 aromatic rings. The van der Waals surface area contributed by atoms with E-state index in [1.54, 1.807) is 14.2 Å². The summed E-state index contributed by atoms with van der Waals surface area (Å²) in [5.74, 6) is -0.552. The van der Waals surface area contributed by atoms with Crippen LogP contribution in [0.2, 0.25) is 0 Å². The zero-order valence-corrected chi connectivity index (χ0v) is 12.1. The van der Waals surface area contributed by atoms with E-state index < -0.39 is 12.1 Å². The number of hydrogen-bond donors (Lipinski definition) is 3. The van der Waals surface area contributed by atoms with Crippen molar-refractivity contribution in [2.45, 2.75) is 19.1 Å². The average molecular weight is 296 g/mol. The minimum absolute atomic E-state index is 0.0303. The number of aliphatic hydroxyl groups excluding tert-OH is 1. The van der Waals surface area contributed by atoms with E-state index in [1.807, 2.05) is 24.3 Å². The average Bonchev–Trinajstić information content (AvgIpc) is 2.47. The van der Waals surface area contributed by atoms with Crippen LogP contribution in [0.25, 0.3) is 0 Å². The molecule has 0 aliphatic rings. The van der Waals surface area contributed by atoms with Crippen LogP contribution in [-0.4, -0.2) is 53.9 Å². The van der Waals surface area contributed by atoms with Gasteiger partial charge in [-0.25, -0.2) is 9.59 Å². The molecule has 1 atom stereocenters. The quantitative estimate of drug-likeness (QED) is 0.687. The summed E-state index contributed by atoms with van der Waals surface area (Å²) in [4.78, 5) is 23.7. The highest BCUT2D eigenvalue weighted by Crippen LogP contribution is 2.12. The third-order valence-electron chi connectivity index (χ3n) is 2.90. The number of carboxylic acid groups (broad SMARTS) is 1. The summed E-state index contributed by atoms with van der Waals surface area (Å²) in [5, 5.41) is 20.1. The molecule has 1 unspecified atom stereocenters. The highest BCUT2D eigenvalue weighted by atomic mass is 16.5. The number of carboxylic acids is 1. The van der Waals surface area contributed by atoms with Crippen LogP contribution in [0.15, 0.2) is 24.3 Å². The summed E-state index contributed by atoms with van der Waals surface area (Å²) >= 11 is 0. The minimum Gasteiger partial charge on any atom is -0.497 e. The van der Waals surface area contributed by atoms with E-state index in [2.05, 4.69) is 5.32 Å². The third kappa shape index (κ3) is 5.70. The molecule has 1 aromatic carbocycles. The van der Waals surface area contributed by atoms with Crippen molar-refractivity contribution in [2.75, 3.05) is 20.7 Å². The van der Waals surface area contributed by atoms with Crippen molar-refractivity contribution in [1.29, 1.82) is 0 Å². The molecule has 0 aliphatic carbocycles. The molecule has 116 valence electrons. The first-order valence-electron chi connectivity index (χ1n) is 6.46. The van der Waals surface area contributed by atoms with Crippen LogP contribution >= 0.6 is 0 Å². The number of nitrogens with zero attached hydrogens (tertiary/aromatic N) is 1. The molecule has 2 amide bonds. The van der Waals surface area contributed by atoms with Crippen molar-refractivity contribution >= 4 is 12.0 Å². The molecule has 0 aromatic heterocycles. The third-order valence-corrected chi connectivity index (χ3v) is 2.90. The van der Waals surface area contributed by atoms with Gasteiger partial charge in [0.15, 0.2) is 6.10 Å². The van der Waals surface area contributed by atoms with E-state index in [4.69, 9.17) is 14.9 Å². The number of carbonyl (C=O) groups excluding carboxylic acids is 1. The number of benzene rings is 1. The second-order valence-corrected chi connectivity index (χ2v) is 4.58. The number of amides is 2. The zero-order valence-electron chi connectivity index (χ0n) is 12.1. The van der Waals surface area contributed by atoms with E-state index in [1.165, 1.54) is 4.90 Å². The largest absolute Gasteiger partial charge is 0.497 e. The molecule has 0 aliphatic heterocycles. The van der Waals surface area contributed by atoms with Crippen molar-refractivity contribution in [3.8, 4) is 5.75 Å². The number of hydrogen-bond acceptors (Lipinski definition) is 4. The summed E-state index contributed by atoms with van der Waals surface area (Å²) < 4.78 is 5.05. The molecule has 1 rings (SSSR count). The lowest BCUT2D eigenvalue weighted by molar-refractivity contribution is -0.146. The topological polar surface area (TPSA) is 99.1 Å². The summed E-state index contributed by atoms with van der Waals surface area (Å²) in [6.07, 6.45) is -1.49. The van der Waals surface area contributed by atoms with Crippen LogP contribution < -0.4 is 10.1 Å². The molecule has 7 heteroatoms. The molecule has 3 N–H and O–H groups in total. The fourth-order valence-electron chi connectivity index (χ4n) is 1.65. The summed E-state index contributed by atoms with van der Waals surface area (Å²) in [7, 11) is 3.22. The Morgan fingerprint density at radius 2 is 1.95 bits per heavy atom. The van der Waals surface area contributed by atoms with Crippen molar-refractivity contribution in [3.63, 3.8) is 0 Å². The van der Waals surface area contributed by atoms with Crippen LogP contribution in [0, 0.1) is 0 Å². The monoisotopic (exact) mass is 296 g/mol. The molecule has 0 radical (unpaired) electrons. The number of ether oxygens (including phenoxy) is 1. The molecule has 0 saturated heterocycles. The fraction of sp³-hybridized carbons (Fsp3) is 0.429. The normalized spacial score (nSPS) is 11.6. The number of aliphatic hydroxyl groups is 1. The fourth-order valence-corrected chi connectivity index (χ4v) is 1.65. The van der Waals surface area contributed by atoms with Gasteiger partial charge in [-0.3, -0.25) is 0 Å². The van der Waals surface area contributed by atoms with E-state index in [9.17, 15) is 9.59 Å². The minimum atomic E-state index is -1.46. The smallest absolute Gasteiger partial charge is 0.332 e. The SMILES string of the molecule is COc1ccc(CN(C)C(=O)NCCC(O)C(=O)O)cc1. The molecule has 7 nitrogen and oxygen atoms in total. The Balaban J connectivity index is 2.38. The molecule has 0 heterocycles. The lowest BCUT2D eigenvalue weighted by Crippen LogP contribution is -2.38. The number of rotatable bonds is 7. The zero-order chi connectivity index (χ0) is 15.8. The maximum atomic E-state index is 11.8. The number of carbonyl (C=O) groups is 2. The van der Waals surface area contributed by atoms with Crippen LogP contribution in [0.3, 0.4) is 0 Å². The van der Waals surface area contributed by atoms with Gasteiger partial charge in [-0.15, -0.1) is 0 Å². The van der Waals surface area contributed by atoms with Crippen LogP contribution in [0.5, 0.6) is 5.75 Å². The second kappa shape index (κ2) is 8.11. The second-order valence-electron chi connectivity index (χ2n) is 4.58. The Hall–Kier alpha value is -2.28. The molecular weight excluding hydrogens is 276 g/mol. The molecule has 0 fully saturated rings. The highest BCUT2D eigenvalue weighted by Gasteiger charge is 2.14. The maximum Gasteiger partial charge on any atom is 0.332 e. The molecule has 0 saturated carbocycles. The number of methoxy groups -OCH3 is 1. The van der Waals surface area contributed by atoms with E-state index in [0.29, 0.717) is 6.54 Å². The maximum absolute atomic E-state index is 11.8. The Kier molecular flexibility index (Phi) is 6.48. The van der Waals surface area contributed by atoms with Crippen molar-refractivity contribution in [3.05, 3.63) is 29.8 Å². The van der Waals surface area contributed by atoms with Gasteiger partial charge in [0.25, 0.3) is 0 Å². The van der Waals surface area contributed by atoms with Crippen molar-refractivity contribution < 1.29 is 24.5 Å². The van der Waals surface area contributed by atoms with Gasteiger partial charge in [0.2, 0.25) is 0 Å². The van der Waals surface area contributed by atoms with Gasteiger partial charge in [-0.2, -0.15) is 0 Å². The Labute approximate surface area is 123 Å². The first-order valence-corrected chi connectivity index (χ1v) is 6.46. The standard InChI is InChI=1S/C14H20N2O5/c1-16(9-10-3-5-11(21-2)6-4-10)14(20)15-8-7-12(17)13(18)19/h3-6,12,17H,7-9H2,1-2H3,(H,15,20)(H,18,19). The van der Waals surface area contributed by atoms with Crippen LogP contribution in [0.1, 0.15) is 12.0 Å². The van der Waals surface area contributed by atoms with Crippen LogP contribution in [0.4, 0.5) is 4.79 Å². The Morgan fingerprint density at radius 1 is 1.33 bits per heavy atom. The van der Waals surface area contributed by atoms with Gasteiger partial charge in [0.1, 0.15) is 5.75 Å². The predicted molar refractivity (Wildman–Crippen MR) is 76.1 cm³/mol. The number of nitrogens with one attached hydrogen (secondary N) is 1. The number of aliphatic carboxylic acids is 1. The van der Waals surface area contributed by atoms with E-state index in [-0.39, 0.29) is 19.0 Å². The summed E-state index contributed by atoms with van der Waals surface area (Å²) in [5.41, 5.74) is 0.944. The lowest BCUT2D eigenvalue weighted by Gasteiger charge is -2.18. The molecule has 21 heavy (non-hydrogen) atoms.